The molecule has 0 spiro atoms. The maximum absolute atomic E-state index is 11.7. The van der Waals surface area contributed by atoms with Crippen LogP contribution in [-0.2, 0) is 9.53 Å². The van der Waals surface area contributed by atoms with Crippen LogP contribution in [0.4, 0.5) is 0 Å². The molecule has 1 heterocycles. The number of aliphatic hydroxyl groups is 1. The van der Waals surface area contributed by atoms with Crippen LogP contribution in [0, 0.1) is 11.8 Å². The number of amides is 1. The number of carbonyl (C=O) groups is 1. The van der Waals surface area contributed by atoms with Crippen LogP contribution in [0.15, 0.2) is 0 Å². The Labute approximate surface area is 96.3 Å². The number of nitrogens with one attached hydrogen (secondary N) is 1. The van der Waals surface area contributed by atoms with Gasteiger partial charge in [-0.2, -0.15) is 0 Å². The highest BCUT2D eigenvalue weighted by molar-refractivity contribution is 5.79. The fourth-order valence-electron chi connectivity index (χ4n) is 1.82. The average Bonchev–Trinajstić information content (AvgIpc) is 2.60. The van der Waals surface area contributed by atoms with E-state index in [1.165, 1.54) is 0 Å². The summed E-state index contributed by atoms with van der Waals surface area (Å²) in [6.45, 7) is 5.18. The standard InChI is InChI=1S/C11H22N2O3/c1-7(2)3-8(14)4-13-11(15)9-5-16-6-10(9)12/h7-10,14H,3-6,12H2,1-2H3,(H,13,15). The molecular weight excluding hydrogens is 208 g/mol. The topological polar surface area (TPSA) is 84.6 Å². The van der Waals surface area contributed by atoms with Gasteiger partial charge in [-0.3, -0.25) is 4.79 Å². The van der Waals surface area contributed by atoms with Gasteiger partial charge in [-0.15, -0.1) is 0 Å². The van der Waals surface area contributed by atoms with Crippen molar-refractivity contribution >= 4 is 5.91 Å². The van der Waals surface area contributed by atoms with Gasteiger partial charge >= 0.3 is 0 Å². The molecule has 1 fully saturated rings. The summed E-state index contributed by atoms with van der Waals surface area (Å²) in [5, 5.41) is 12.3. The van der Waals surface area contributed by atoms with Gasteiger partial charge in [-0.05, 0) is 12.3 Å². The Balaban J connectivity index is 2.24. The van der Waals surface area contributed by atoms with Crippen LogP contribution in [0.1, 0.15) is 20.3 Å². The molecule has 94 valence electrons. The van der Waals surface area contributed by atoms with E-state index in [4.69, 9.17) is 10.5 Å². The summed E-state index contributed by atoms with van der Waals surface area (Å²) < 4.78 is 5.11. The first-order valence-electron chi connectivity index (χ1n) is 5.79. The van der Waals surface area contributed by atoms with Crippen molar-refractivity contribution in [3.05, 3.63) is 0 Å². The lowest BCUT2D eigenvalue weighted by molar-refractivity contribution is -0.125. The van der Waals surface area contributed by atoms with E-state index in [1.54, 1.807) is 0 Å². The number of hydrogen-bond acceptors (Lipinski definition) is 4. The zero-order chi connectivity index (χ0) is 12.1. The van der Waals surface area contributed by atoms with Crippen molar-refractivity contribution < 1.29 is 14.6 Å². The summed E-state index contributed by atoms with van der Waals surface area (Å²) in [5.41, 5.74) is 5.72. The lowest BCUT2D eigenvalue weighted by Crippen LogP contribution is -2.43. The first-order chi connectivity index (χ1) is 7.50. The third-order valence-corrected chi connectivity index (χ3v) is 2.72. The second-order valence-electron chi connectivity index (χ2n) is 4.84. The zero-order valence-corrected chi connectivity index (χ0v) is 9.98. The van der Waals surface area contributed by atoms with Crippen molar-refractivity contribution in [1.29, 1.82) is 0 Å². The lowest BCUT2D eigenvalue weighted by Gasteiger charge is -2.17. The molecule has 4 N–H and O–H groups in total. The van der Waals surface area contributed by atoms with Crippen molar-refractivity contribution in [3.63, 3.8) is 0 Å². The largest absolute Gasteiger partial charge is 0.391 e. The molecule has 1 aliphatic heterocycles. The first-order valence-corrected chi connectivity index (χ1v) is 5.79. The fourth-order valence-corrected chi connectivity index (χ4v) is 1.82. The Bertz CT molecular complexity index is 233. The van der Waals surface area contributed by atoms with E-state index < -0.39 is 6.10 Å². The third kappa shape index (κ3) is 4.08. The van der Waals surface area contributed by atoms with Crippen LogP contribution in [-0.4, -0.2) is 42.9 Å². The molecular formula is C11H22N2O3. The van der Waals surface area contributed by atoms with Crippen LogP contribution in [0.25, 0.3) is 0 Å². The fraction of sp³-hybridized carbons (Fsp3) is 0.909. The molecule has 0 aromatic carbocycles. The summed E-state index contributed by atoms with van der Waals surface area (Å²) in [6, 6.07) is -0.220. The third-order valence-electron chi connectivity index (χ3n) is 2.72. The summed E-state index contributed by atoms with van der Waals surface area (Å²) in [7, 11) is 0. The second-order valence-corrected chi connectivity index (χ2v) is 4.84. The monoisotopic (exact) mass is 230 g/mol. The van der Waals surface area contributed by atoms with Gasteiger partial charge in [0.1, 0.15) is 0 Å². The Hall–Kier alpha value is -0.650. The first kappa shape index (κ1) is 13.4. The molecule has 0 bridgehead atoms. The average molecular weight is 230 g/mol. The Morgan fingerprint density at radius 1 is 1.56 bits per heavy atom. The predicted molar refractivity (Wildman–Crippen MR) is 60.8 cm³/mol. The molecule has 1 aliphatic rings. The molecule has 0 aromatic rings. The number of hydrogen-bond donors (Lipinski definition) is 3. The number of carbonyl (C=O) groups excluding carboxylic acids is 1. The Kier molecular flexibility index (Phi) is 5.18. The van der Waals surface area contributed by atoms with Crippen molar-refractivity contribution in [2.75, 3.05) is 19.8 Å². The van der Waals surface area contributed by atoms with E-state index in [9.17, 15) is 9.90 Å². The van der Waals surface area contributed by atoms with Gasteiger partial charge in [-0.1, -0.05) is 13.8 Å². The van der Waals surface area contributed by atoms with Crippen LogP contribution in [0.2, 0.25) is 0 Å². The highest BCUT2D eigenvalue weighted by Gasteiger charge is 2.31. The molecule has 3 unspecified atom stereocenters. The van der Waals surface area contributed by atoms with Gasteiger partial charge < -0.3 is 20.9 Å². The van der Waals surface area contributed by atoms with E-state index in [0.717, 1.165) is 0 Å². The second kappa shape index (κ2) is 6.18. The SMILES string of the molecule is CC(C)CC(O)CNC(=O)C1COCC1N. The van der Waals surface area contributed by atoms with Gasteiger partial charge in [-0.25, -0.2) is 0 Å². The lowest BCUT2D eigenvalue weighted by atomic mass is 10.0. The minimum atomic E-state index is -0.484. The molecule has 1 saturated heterocycles. The van der Waals surface area contributed by atoms with E-state index in [1.807, 2.05) is 13.8 Å². The summed E-state index contributed by atoms with van der Waals surface area (Å²) in [6.07, 6.45) is 0.204. The normalized spacial score (nSPS) is 27.1. The zero-order valence-electron chi connectivity index (χ0n) is 9.98. The number of rotatable bonds is 5. The summed E-state index contributed by atoms with van der Waals surface area (Å²) in [5.74, 6) is 0.0306. The molecule has 1 amide bonds. The van der Waals surface area contributed by atoms with E-state index in [2.05, 4.69) is 5.32 Å². The van der Waals surface area contributed by atoms with Crippen LogP contribution >= 0.6 is 0 Å². The number of aliphatic hydroxyl groups excluding tert-OH is 1. The maximum atomic E-state index is 11.7. The van der Waals surface area contributed by atoms with Gasteiger partial charge in [0.25, 0.3) is 0 Å². The van der Waals surface area contributed by atoms with Crippen LogP contribution in [0.3, 0.4) is 0 Å². The van der Waals surface area contributed by atoms with Crippen LogP contribution < -0.4 is 11.1 Å². The molecule has 0 saturated carbocycles. The smallest absolute Gasteiger partial charge is 0.227 e. The van der Waals surface area contributed by atoms with Gasteiger partial charge in [0.2, 0.25) is 5.91 Å². The molecule has 5 heteroatoms. The Morgan fingerprint density at radius 2 is 2.25 bits per heavy atom. The molecule has 0 aliphatic carbocycles. The maximum Gasteiger partial charge on any atom is 0.227 e. The van der Waals surface area contributed by atoms with Crippen molar-refractivity contribution in [2.24, 2.45) is 17.6 Å². The molecule has 5 nitrogen and oxygen atoms in total. The van der Waals surface area contributed by atoms with E-state index in [-0.39, 0.29) is 17.9 Å². The highest BCUT2D eigenvalue weighted by atomic mass is 16.5. The Morgan fingerprint density at radius 3 is 2.75 bits per heavy atom. The molecule has 3 atom stereocenters. The van der Waals surface area contributed by atoms with E-state index >= 15 is 0 Å². The number of nitrogens with two attached hydrogens (primary N) is 1. The van der Waals surface area contributed by atoms with Gasteiger partial charge in [0, 0.05) is 12.6 Å². The van der Waals surface area contributed by atoms with Gasteiger partial charge in [0.15, 0.2) is 0 Å². The minimum Gasteiger partial charge on any atom is -0.391 e. The van der Waals surface area contributed by atoms with Crippen LogP contribution in [0.5, 0.6) is 0 Å². The minimum absolute atomic E-state index is 0.118. The molecule has 16 heavy (non-hydrogen) atoms. The van der Waals surface area contributed by atoms with Crippen molar-refractivity contribution in [2.45, 2.75) is 32.4 Å². The van der Waals surface area contributed by atoms with E-state index in [0.29, 0.717) is 32.1 Å². The van der Waals surface area contributed by atoms with Gasteiger partial charge in [0.05, 0.1) is 25.2 Å². The number of ether oxygens (including phenoxy) is 1. The highest BCUT2D eigenvalue weighted by Crippen LogP contribution is 2.11. The summed E-state index contributed by atoms with van der Waals surface area (Å²) in [4.78, 5) is 11.7. The molecule has 0 radical (unpaired) electrons. The van der Waals surface area contributed by atoms with Crippen molar-refractivity contribution in [1.82, 2.24) is 5.32 Å². The quantitative estimate of drug-likeness (QED) is 0.593. The summed E-state index contributed by atoms with van der Waals surface area (Å²) >= 11 is 0. The predicted octanol–water partition coefficient (Wildman–Crippen LogP) is -0.517. The van der Waals surface area contributed by atoms with Crippen molar-refractivity contribution in [3.8, 4) is 0 Å². The molecule has 1 rings (SSSR count). The molecule has 0 aromatic heterocycles.